The lowest BCUT2D eigenvalue weighted by Crippen LogP contribution is -2.06. The van der Waals surface area contributed by atoms with Gasteiger partial charge in [0.2, 0.25) is 0 Å². The molecule has 0 N–H and O–H groups in total. The van der Waals surface area contributed by atoms with Crippen molar-refractivity contribution in [3.63, 3.8) is 0 Å². The van der Waals surface area contributed by atoms with E-state index in [-0.39, 0.29) is 5.97 Å². The number of ether oxygens (including phenoxy) is 2. The number of esters is 1. The molecule has 0 saturated carbocycles. The lowest BCUT2D eigenvalue weighted by Gasteiger charge is -2.07. The maximum absolute atomic E-state index is 11.7. The Hall–Kier alpha value is -2.29. The molecule has 0 heterocycles. The second kappa shape index (κ2) is 8.10. The Labute approximate surface area is 125 Å². The molecule has 2 aromatic rings. The number of benzene rings is 2. The average Bonchev–Trinajstić information content (AvgIpc) is 2.54. The van der Waals surface area contributed by atoms with Gasteiger partial charge >= 0.3 is 5.97 Å². The zero-order valence-electron chi connectivity index (χ0n) is 12.2. The van der Waals surface area contributed by atoms with Crippen LogP contribution in [-0.2, 0) is 11.3 Å². The monoisotopic (exact) mass is 284 g/mol. The van der Waals surface area contributed by atoms with Crippen molar-refractivity contribution in [3.05, 3.63) is 65.7 Å². The Bertz CT molecular complexity index is 546. The van der Waals surface area contributed by atoms with Crippen molar-refractivity contribution < 1.29 is 14.3 Å². The molecule has 0 aromatic heterocycles. The summed E-state index contributed by atoms with van der Waals surface area (Å²) < 4.78 is 10.8. The summed E-state index contributed by atoms with van der Waals surface area (Å²) in [5.41, 5.74) is 1.67. The lowest BCUT2D eigenvalue weighted by molar-refractivity contribution is 0.0499. The standard InChI is InChI=1S/C18H20O3/c1-2-3-13-20-18(19)16-9-11-17(12-10-16)21-14-15-7-5-4-6-8-15/h4-12H,2-3,13-14H2,1H3. The van der Waals surface area contributed by atoms with E-state index in [4.69, 9.17) is 9.47 Å². The van der Waals surface area contributed by atoms with Crippen LogP contribution in [0.1, 0.15) is 35.7 Å². The largest absolute Gasteiger partial charge is 0.489 e. The summed E-state index contributed by atoms with van der Waals surface area (Å²) >= 11 is 0. The first kappa shape index (κ1) is 15.1. The first-order chi connectivity index (χ1) is 10.3. The highest BCUT2D eigenvalue weighted by atomic mass is 16.5. The minimum Gasteiger partial charge on any atom is -0.489 e. The van der Waals surface area contributed by atoms with Crippen molar-refractivity contribution in [2.24, 2.45) is 0 Å². The average molecular weight is 284 g/mol. The second-order valence-electron chi connectivity index (χ2n) is 4.79. The first-order valence-electron chi connectivity index (χ1n) is 7.23. The van der Waals surface area contributed by atoms with Crippen LogP contribution in [0.5, 0.6) is 5.75 Å². The number of hydrogen-bond donors (Lipinski definition) is 0. The number of unbranched alkanes of at least 4 members (excludes halogenated alkanes) is 1. The summed E-state index contributed by atoms with van der Waals surface area (Å²) in [5, 5.41) is 0. The fraction of sp³-hybridized carbons (Fsp3) is 0.278. The molecule has 0 aliphatic rings. The van der Waals surface area contributed by atoms with Gasteiger partial charge in [0.05, 0.1) is 12.2 Å². The van der Waals surface area contributed by atoms with Crippen LogP contribution in [0, 0.1) is 0 Å². The topological polar surface area (TPSA) is 35.5 Å². The van der Waals surface area contributed by atoms with Gasteiger partial charge in [-0.3, -0.25) is 0 Å². The Morgan fingerprint density at radius 1 is 1.00 bits per heavy atom. The first-order valence-corrected chi connectivity index (χ1v) is 7.23. The number of rotatable bonds is 7. The van der Waals surface area contributed by atoms with Gasteiger partial charge in [-0.05, 0) is 36.2 Å². The SMILES string of the molecule is CCCCOC(=O)c1ccc(OCc2ccccc2)cc1. The van der Waals surface area contributed by atoms with E-state index in [1.54, 1.807) is 24.3 Å². The Kier molecular flexibility index (Phi) is 5.83. The molecule has 0 radical (unpaired) electrons. The molecule has 21 heavy (non-hydrogen) atoms. The third-order valence-electron chi connectivity index (χ3n) is 3.07. The normalized spacial score (nSPS) is 10.1. The number of carbonyl (C=O) groups is 1. The molecule has 0 aliphatic carbocycles. The van der Waals surface area contributed by atoms with Gasteiger partial charge in [0.25, 0.3) is 0 Å². The third-order valence-corrected chi connectivity index (χ3v) is 3.07. The molecule has 0 amide bonds. The van der Waals surface area contributed by atoms with Gasteiger partial charge in [0.15, 0.2) is 0 Å². The van der Waals surface area contributed by atoms with Gasteiger partial charge in [0.1, 0.15) is 12.4 Å². The maximum atomic E-state index is 11.7. The van der Waals surface area contributed by atoms with E-state index in [0.717, 1.165) is 24.2 Å². The van der Waals surface area contributed by atoms with Crippen LogP contribution in [0.2, 0.25) is 0 Å². The van der Waals surface area contributed by atoms with Crippen molar-refractivity contribution in [2.75, 3.05) is 6.61 Å². The molecule has 0 atom stereocenters. The molecular formula is C18H20O3. The molecule has 0 unspecified atom stereocenters. The molecule has 2 rings (SSSR count). The molecule has 2 aromatic carbocycles. The Morgan fingerprint density at radius 2 is 1.71 bits per heavy atom. The fourth-order valence-electron chi connectivity index (χ4n) is 1.82. The summed E-state index contributed by atoms with van der Waals surface area (Å²) in [4.78, 5) is 11.7. The molecule has 3 nitrogen and oxygen atoms in total. The summed E-state index contributed by atoms with van der Waals surface area (Å²) in [5.74, 6) is 0.460. The van der Waals surface area contributed by atoms with Crippen molar-refractivity contribution in [1.82, 2.24) is 0 Å². The smallest absolute Gasteiger partial charge is 0.338 e. The van der Waals surface area contributed by atoms with Crippen LogP contribution in [-0.4, -0.2) is 12.6 Å². The van der Waals surface area contributed by atoms with E-state index in [1.165, 1.54) is 0 Å². The molecule has 0 saturated heterocycles. The van der Waals surface area contributed by atoms with Gasteiger partial charge in [-0.1, -0.05) is 43.7 Å². The zero-order chi connectivity index (χ0) is 14.9. The molecule has 0 fully saturated rings. The predicted molar refractivity (Wildman–Crippen MR) is 82.4 cm³/mol. The molecule has 0 aliphatic heterocycles. The van der Waals surface area contributed by atoms with Gasteiger partial charge in [-0.15, -0.1) is 0 Å². The number of hydrogen-bond acceptors (Lipinski definition) is 3. The third kappa shape index (κ3) is 4.95. The Morgan fingerprint density at radius 3 is 2.38 bits per heavy atom. The molecule has 0 bridgehead atoms. The van der Waals surface area contributed by atoms with E-state index < -0.39 is 0 Å². The van der Waals surface area contributed by atoms with E-state index in [2.05, 4.69) is 6.92 Å². The highest BCUT2D eigenvalue weighted by molar-refractivity contribution is 5.89. The van der Waals surface area contributed by atoms with E-state index in [1.807, 2.05) is 30.3 Å². The Balaban J connectivity index is 1.85. The minimum atomic E-state index is -0.280. The summed E-state index contributed by atoms with van der Waals surface area (Å²) in [7, 11) is 0. The molecule has 110 valence electrons. The highest BCUT2D eigenvalue weighted by Gasteiger charge is 2.06. The highest BCUT2D eigenvalue weighted by Crippen LogP contribution is 2.15. The fourth-order valence-corrected chi connectivity index (χ4v) is 1.82. The van der Waals surface area contributed by atoms with Crippen LogP contribution in [0.4, 0.5) is 0 Å². The van der Waals surface area contributed by atoms with Crippen LogP contribution in [0.3, 0.4) is 0 Å². The molecular weight excluding hydrogens is 264 g/mol. The van der Waals surface area contributed by atoms with Crippen LogP contribution in [0.25, 0.3) is 0 Å². The lowest BCUT2D eigenvalue weighted by atomic mass is 10.2. The summed E-state index contributed by atoms with van der Waals surface area (Å²) in [6, 6.07) is 17.0. The quantitative estimate of drug-likeness (QED) is 0.564. The molecule has 3 heteroatoms. The summed E-state index contributed by atoms with van der Waals surface area (Å²) in [6.45, 7) is 3.05. The maximum Gasteiger partial charge on any atom is 0.338 e. The van der Waals surface area contributed by atoms with Crippen molar-refractivity contribution in [2.45, 2.75) is 26.4 Å². The van der Waals surface area contributed by atoms with Gasteiger partial charge in [0, 0.05) is 0 Å². The van der Waals surface area contributed by atoms with Gasteiger partial charge in [-0.2, -0.15) is 0 Å². The van der Waals surface area contributed by atoms with Crippen LogP contribution in [0.15, 0.2) is 54.6 Å². The van der Waals surface area contributed by atoms with Crippen LogP contribution < -0.4 is 4.74 Å². The molecule has 0 spiro atoms. The van der Waals surface area contributed by atoms with Crippen molar-refractivity contribution in [1.29, 1.82) is 0 Å². The number of carbonyl (C=O) groups excluding carboxylic acids is 1. The van der Waals surface area contributed by atoms with Crippen molar-refractivity contribution in [3.8, 4) is 5.75 Å². The van der Waals surface area contributed by atoms with E-state index in [9.17, 15) is 4.79 Å². The van der Waals surface area contributed by atoms with Crippen molar-refractivity contribution >= 4 is 5.97 Å². The van der Waals surface area contributed by atoms with Gasteiger partial charge < -0.3 is 9.47 Å². The summed E-state index contributed by atoms with van der Waals surface area (Å²) in [6.07, 6.45) is 1.91. The predicted octanol–water partition coefficient (Wildman–Crippen LogP) is 4.22. The second-order valence-corrected chi connectivity index (χ2v) is 4.79. The van der Waals surface area contributed by atoms with E-state index in [0.29, 0.717) is 18.8 Å². The minimum absolute atomic E-state index is 0.280. The van der Waals surface area contributed by atoms with Crippen LogP contribution >= 0.6 is 0 Å². The van der Waals surface area contributed by atoms with Gasteiger partial charge in [-0.25, -0.2) is 4.79 Å². The zero-order valence-corrected chi connectivity index (χ0v) is 12.2. The van der Waals surface area contributed by atoms with E-state index >= 15 is 0 Å².